The number of hydrogen-bond acceptors (Lipinski definition) is 5. The molecule has 6 nitrogen and oxygen atoms in total. The Hall–Kier alpha value is -1.24. The molecule has 1 aliphatic carbocycles. The number of carbonyl (C=O) groups is 1. The van der Waals surface area contributed by atoms with Crippen molar-refractivity contribution in [1.29, 1.82) is 0 Å². The van der Waals surface area contributed by atoms with Gasteiger partial charge in [-0.25, -0.2) is 9.97 Å². The van der Waals surface area contributed by atoms with Gasteiger partial charge in [-0.3, -0.25) is 4.79 Å². The molecule has 0 aromatic carbocycles. The number of halogens is 1. The summed E-state index contributed by atoms with van der Waals surface area (Å²) < 4.78 is 5.68. The van der Waals surface area contributed by atoms with Gasteiger partial charge in [-0.15, -0.1) is 0 Å². The van der Waals surface area contributed by atoms with Gasteiger partial charge in [0.1, 0.15) is 11.4 Å². The van der Waals surface area contributed by atoms with E-state index in [2.05, 4.69) is 15.3 Å². The van der Waals surface area contributed by atoms with E-state index in [9.17, 15) is 4.79 Å². The van der Waals surface area contributed by atoms with E-state index in [-0.39, 0.29) is 23.2 Å². The predicted molar refractivity (Wildman–Crippen MR) is 74.2 cm³/mol. The molecule has 1 aromatic heterocycles. The Bertz CT molecular complexity index is 565. The van der Waals surface area contributed by atoms with Crippen molar-refractivity contribution < 1.29 is 9.53 Å². The molecule has 1 saturated heterocycles. The van der Waals surface area contributed by atoms with Gasteiger partial charge in [0.2, 0.25) is 11.2 Å². The average molecular weight is 297 g/mol. The zero-order valence-electron chi connectivity index (χ0n) is 11.4. The van der Waals surface area contributed by atoms with Crippen molar-refractivity contribution in [3.05, 3.63) is 17.5 Å². The number of fused-ring (bicyclic) bond motifs is 1. The smallest absolute Gasteiger partial charge is 0.246 e. The van der Waals surface area contributed by atoms with Crippen LogP contribution in [0, 0.1) is 11.3 Å². The van der Waals surface area contributed by atoms with Crippen LogP contribution in [0.3, 0.4) is 0 Å². The van der Waals surface area contributed by atoms with Crippen LogP contribution < -0.4 is 11.1 Å². The van der Waals surface area contributed by atoms with Gasteiger partial charge in [0.25, 0.3) is 0 Å². The molecule has 3 atom stereocenters. The maximum atomic E-state index is 12.6. The fourth-order valence-electron chi connectivity index (χ4n) is 3.47. The minimum absolute atomic E-state index is 0.0484. The van der Waals surface area contributed by atoms with Gasteiger partial charge in [-0.05, 0) is 24.1 Å². The van der Waals surface area contributed by atoms with E-state index < -0.39 is 11.0 Å². The minimum Gasteiger partial charge on any atom is -0.377 e. The van der Waals surface area contributed by atoms with Crippen LogP contribution in [-0.2, 0) is 9.53 Å². The molecule has 20 heavy (non-hydrogen) atoms. The lowest BCUT2D eigenvalue weighted by atomic mass is 9.48. The minimum atomic E-state index is -0.953. The van der Waals surface area contributed by atoms with E-state index in [0.717, 1.165) is 6.42 Å². The maximum Gasteiger partial charge on any atom is 0.246 e. The van der Waals surface area contributed by atoms with Crippen molar-refractivity contribution in [2.75, 3.05) is 11.9 Å². The van der Waals surface area contributed by atoms with E-state index in [4.69, 9.17) is 22.1 Å². The Morgan fingerprint density at radius 2 is 2.35 bits per heavy atom. The van der Waals surface area contributed by atoms with Gasteiger partial charge < -0.3 is 15.8 Å². The lowest BCUT2D eigenvalue weighted by Crippen LogP contribution is -2.79. The number of aromatic nitrogens is 2. The van der Waals surface area contributed by atoms with Crippen molar-refractivity contribution in [3.63, 3.8) is 0 Å². The Labute approximate surface area is 122 Å². The molecular weight excluding hydrogens is 280 g/mol. The number of rotatable bonds is 2. The SMILES string of the molecule is CC1(C)C2OCCC2C1(N)C(=O)Nc1ccnc(Cl)n1. The first-order chi connectivity index (χ1) is 9.37. The van der Waals surface area contributed by atoms with E-state index >= 15 is 0 Å². The molecule has 3 N–H and O–H groups in total. The normalized spacial score (nSPS) is 34.2. The highest BCUT2D eigenvalue weighted by Gasteiger charge is 2.71. The summed E-state index contributed by atoms with van der Waals surface area (Å²) in [7, 11) is 0. The highest BCUT2D eigenvalue weighted by molar-refractivity contribution is 6.28. The van der Waals surface area contributed by atoms with Gasteiger partial charge in [-0.1, -0.05) is 13.8 Å². The molecule has 1 aliphatic heterocycles. The van der Waals surface area contributed by atoms with E-state index in [1.807, 2.05) is 13.8 Å². The van der Waals surface area contributed by atoms with Crippen molar-refractivity contribution >= 4 is 23.3 Å². The summed E-state index contributed by atoms with van der Waals surface area (Å²) in [6.07, 6.45) is 2.34. The monoisotopic (exact) mass is 296 g/mol. The zero-order valence-corrected chi connectivity index (χ0v) is 12.1. The molecule has 2 aliphatic rings. The topological polar surface area (TPSA) is 90.1 Å². The third kappa shape index (κ3) is 1.68. The highest BCUT2D eigenvalue weighted by Crippen LogP contribution is 2.58. The number of amides is 1. The summed E-state index contributed by atoms with van der Waals surface area (Å²) in [6, 6.07) is 1.58. The van der Waals surface area contributed by atoms with Crippen LogP contribution in [0.5, 0.6) is 0 Å². The summed E-state index contributed by atoms with van der Waals surface area (Å²) in [6.45, 7) is 4.59. The summed E-state index contributed by atoms with van der Waals surface area (Å²) >= 11 is 5.71. The lowest BCUT2D eigenvalue weighted by molar-refractivity contribution is -0.170. The van der Waals surface area contributed by atoms with Gasteiger partial charge >= 0.3 is 0 Å². The fraction of sp³-hybridized carbons (Fsp3) is 0.615. The molecule has 3 rings (SSSR count). The number of nitrogens with one attached hydrogen (secondary N) is 1. The lowest BCUT2D eigenvalue weighted by Gasteiger charge is -2.60. The number of anilines is 1. The molecule has 1 saturated carbocycles. The largest absolute Gasteiger partial charge is 0.377 e. The highest BCUT2D eigenvalue weighted by atomic mass is 35.5. The maximum absolute atomic E-state index is 12.6. The van der Waals surface area contributed by atoms with Crippen LogP contribution in [0.1, 0.15) is 20.3 Å². The van der Waals surface area contributed by atoms with E-state index in [0.29, 0.717) is 12.4 Å². The molecule has 0 radical (unpaired) electrons. The molecule has 108 valence electrons. The van der Waals surface area contributed by atoms with Crippen LogP contribution >= 0.6 is 11.6 Å². The van der Waals surface area contributed by atoms with Crippen LogP contribution in [0.4, 0.5) is 5.82 Å². The molecule has 1 amide bonds. The van der Waals surface area contributed by atoms with E-state index in [1.54, 1.807) is 6.07 Å². The first-order valence-corrected chi connectivity index (χ1v) is 6.95. The molecule has 1 aromatic rings. The number of nitrogens with zero attached hydrogens (tertiary/aromatic N) is 2. The van der Waals surface area contributed by atoms with Crippen molar-refractivity contribution in [2.24, 2.45) is 17.1 Å². The van der Waals surface area contributed by atoms with Crippen LogP contribution in [0.2, 0.25) is 5.28 Å². The molecule has 2 heterocycles. The van der Waals surface area contributed by atoms with Crippen molar-refractivity contribution in [1.82, 2.24) is 9.97 Å². The second-order valence-corrected chi connectivity index (χ2v) is 6.28. The Balaban J connectivity index is 1.83. The van der Waals surface area contributed by atoms with Crippen molar-refractivity contribution in [3.8, 4) is 0 Å². The Morgan fingerprint density at radius 3 is 3.05 bits per heavy atom. The van der Waals surface area contributed by atoms with Gasteiger partial charge in [0.05, 0.1) is 6.10 Å². The number of ether oxygens (including phenoxy) is 1. The second kappa shape index (κ2) is 4.38. The summed E-state index contributed by atoms with van der Waals surface area (Å²) in [5, 5.41) is 2.83. The molecule has 0 bridgehead atoms. The predicted octanol–water partition coefficient (Wildman–Crippen LogP) is 1.21. The number of hydrogen-bond donors (Lipinski definition) is 2. The van der Waals surface area contributed by atoms with Gasteiger partial charge in [-0.2, -0.15) is 0 Å². The Kier molecular flexibility index (Phi) is 3.00. The quantitative estimate of drug-likeness (QED) is 0.801. The molecule has 3 unspecified atom stereocenters. The summed E-state index contributed by atoms with van der Waals surface area (Å²) in [5.41, 5.74) is 5.07. The first kappa shape index (κ1) is 13.7. The van der Waals surface area contributed by atoms with Gasteiger partial charge in [0, 0.05) is 24.1 Å². The van der Waals surface area contributed by atoms with Crippen LogP contribution in [-0.4, -0.2) is 34.1 Å². The molecule has 2 fully saturated rings. The molecule has 0 spiro atoms. The first-order valence-electron chi connectivity index (χ1n) is 6.58. The standard InChI is InChI=1S/C13H17ClN4O2/c1-12(2)9-7(4-6-20-9)13(12,15)10(19)17-8-3-5-16-11(14)18-8/h3,5,7,9H,4,6,15H2,1-2H3,(H,16,17,18,19). The third-order valence-electron chi connectivity index (χ3n) is 4.70. The third-order valence-corrected chi connectivity index (χ3v) is 4.88. The van der Waals surface area contributed by atoms with E-state index in [1.165, 1.54) is 6.20 Å². The second-order valence-electron chi connectivity index (χ2n) is 5.94. The van der Waals surface area contributed by atoms with Gasteiger partial charge in [0.15, 0.2) is 0 Å². The number of nitrogens with two attached hydrogens (primary N) is 1. The fourth-order valence-corrected chi connectivity index (χ4v) is 3.62. The molecule has 7 heteroatoms. The van der Waals surface area contributed by atoms with Crippen molar-refractivity contribution in [2.45, 2.75) is 31.9 Å². The zero-order chi connectivity index (χ0) is 14.5. The summed E-state index contributed by atoms with van der Waals surface area (Å²) in [4.78, 5) is 20.3. The number of carbonyl (C=O) groups excluding carboxylic acids is 1. The Morgan fingerprint density at radius 1 is 1.60 bits per heavy atom. The van der Waals surface area contributed by atoms with Crippen LogP contribution in [0.15, 0.2) is 12.3 Å². The average Bonchev–Trinajstić information content (AvgIpc) is 2.85. The summed E-state index contributed by atoms with van der Waals surface area (Å²) in [5.74, 6) is 0.164. The molecular formula is C13H17ClN4O2. The van der Waals surface area contributed by atoms with Crippen LogP contribution in [0.25, 0.3) is 0 Å².